The van der Waals surface area contributed by atoms with Crippen LogP contribution in [0.4, 0.5) is 0 Å². The lowest BCUT2D eigenvalue weighted by atomic mass is 9.80. The Balaban J connectivity index is 1.56. The number of hydrogen-bond acceptors (Lipinski definition) is 5. The van der Waals surface area contributed by atoms with Crippen molar-refractivity contribution >= 4 is 11.8 Å². The largest absolute Gasteiger partial charge is 0.349 e. The summed E-state index contributed by atoms with van der Waals surface area (Å²) in [6, 6.07) is 5.88. The fourth-order valence-electron chi connectivity index (χ4n) is 5.18. The first-order valence-electron chi connectivity index (χ1n) is 10.7. The van der Waals surface area contributed by atoms with E-state index in [1.54, 1.807) is 6.92 Å². The predicted molar refractivity (Wildman–Crippen MR) is 112 cm³/mol. The monoisotopic (exact) mass is 410 g/mol. The van der Waals surface area contributed by atoms with Crippen LogP contribution in [0.1, 0.15) is 59.9 Å². The third kappa shape index (κ3) is 3.50. The van der Waals surface area contributed by atoms with Gasteiger partial charge in [0.2, 0.25) is 11.8 Å². The number of nitrogens with one attached hydrogen (secondary N) is 1. The maximum Gasteiger partial charge on any atom is 0.251 e. The highest BCUT2D eigenvalue weighted by Gasteiger charge is 2.58. The highest BCUT2D eigenvalue weighted by atomic mass is 16.5. The van der Waals surface area contributed by atoms with E-state index in [1.807, 2.05) is 50.8 Å². The zero-order valence-electron chi connectivity index (χ0n) is 18.4. The maximum absolute atomic E-state index is 12.9. The molecule has 0 radical (unpaired) electrons. The Bertz CT molecular complexity index is 983. The molecule has 2 aliphatic rings. The second-order valence-corrected chi connectivity index (χ2v) is 9.30. The van der Waals surface area contributed by atoms with E-state index >= 15 is 0 Å². The van der Waals surface area contributed by atoms with Gasteiger partial charge in [-0.1, -0.05) is 36.7 Å². The molecular formula is C23H30N4O3. The number of hydrogen-bond donors (Lipinski definition) is 1. The van der Waals surface area contributed by atoms with E-state index in [0.29, 0.717) is 36.8 Å². The number of amides is 2. The zero-order valence-corrected chi connectivity index (χ0v) is 18.4. The average molecular weight is 411 g/mol. The predicted octanol–water partition coefficient (Wildman–Crippen LogP) is 2.94. The third-order valence-electron chi connectivity index (χ3n) is 6.60. The number of fused-ring (bicyclic) bond motifs is 1. The molecule has 1 aliphatic carbocycles. The number of rotatable bonds is 4. The van der Waals surface area contributed by atoms with Crippen molar-refractivity contribution in [1.29, 1.82) is 0 Å². The Hall–Kier alpha value is -2.70. The smallest absolute Gasteiger partial charge is 0.251 e. The van der Waals surface area contributed by atoms with Crippen molar-refractivity contribution in [3.63, 3.8) is 0 Å². The van der Waals surface area contributed by atoms with E-state index < -0.39 is 5.41 Å². The van der Waals surface area contributed by atoms with Crippen LogP contribution in [0.25, 0.3) is 0 Å². The van der Waals surface area contributed by atoms with Crippen molar-refractivity contribution in [3.8, 4) is 0 Å². The minimum absolute atomic E-state index is 0.00621. The van der Waals surface area contributed by atoms with E-state index in [1.165, 1.54) is 0 Å². The van der Waals surface area contributed by atoms with Crippen molar-refractivity contribution in [1.82, 2.24) is 20.4 Å². The fraction of sp³-hybridized carbons (Fsp3) is 0.565. The van der Waals surface area contributed by atoms with Crippen LogP contribution in [0.2, 0.25) is 0 Å². The number of nitrogens with zero attached hydrogens (tertiary/aromatic N) is 3. The molecule has 1 aromatic heterocycles. The lowest BCUT2D eigenvalue weighted by Crippen LogP contribution is -2.40. The molecule has 2 heterocycles. The number of likely N-dealkylation sites (tertiary alicyclic amines) is 1. The molecule has 7 heteroatoms. The number of aryl methyl sites for hydroxylation is 3. The Morgan fingerprint density at radius 1 is 1.27 bits per heavy atom. The van der Waals surface area contributed by atoms with Crippen LogP contribution in [0, 0.1) is 32.6 Å². The van der Waals surface area contributed by atoms with Gasteiger partial charge in [0.15, 0.2) is 5.82 Å². The Kier molecular flexibility index (Phi) is 5.16. The van der Waals surface area contributed by atoms with Gasteiger partial charge in [-0.25, -0.2) is 0 Å². The maximum atomic E-state index is 12.9. The molecule has 1 unspecified atom stereocenters. The van der Waals surface area contributed by atoms with Crippen LogP contribution in [0.3, 0.4) is 0 Å². The molecular weight excluding hydrogens is 380 g/mol. The molecule has 1 aliphatic heterocycles. The van der Waals surface area contributed by atoms with E-state index in [0.717, 1.165) is 17.5 Å². The van der Waals surface area contributed by atoms with Crippen LogP contribution in [-0.4, -0.2) is 46.0 Å². The zero-order chi connectivity index (χ0) is 21.6. The summed E-state index contributed by atoms with van der Waals surface area (Å²) in [5.74, 6) is 1.41. The van der Waals surface area contributed by atoms with Crippen molar-refractivity contribution < 1.29 is 14.1 Å². The first-order chi connectivity index (χ1) is 14.2. The molecule has 2 amide bonds. The van der Waals surface area contributed by atoms with Gasteiger partial charge in [0.25, 0.3) is 5.91 Å². The van der Waals surface area contributed by atoms with Gasteiger partial charge in [0, 0.05) is 30.6 Å². The van der Waals surface area contributed by atoms with E-state index in [-0.39, 0.29) is 29.7 Å². The summed E-state index contributed by atoms with van der Waals surface area (Å²) in [5.41, 5.74) is 2.42. The normalized spacial score (nSPS) is 25.6. The average Bonchev–Trinajstić information content (AvgIpc) is 3.33. The lowest BCUT2D eigenvalue weighted by molar-refractivity contribution is -0.133. The summed E-state index contributed by atoms with van der Waals surface area (Å²) >= 11 is 0. The summed E-state index contributed by atoms with van der Waals surface area (Å²) in [6.07, 6.45) is 1.48. The topological polar surface area (TPSA) is 88.3 Å². The first-order valence-corrected chi connectivity index (χ1v) is 10.7. The van der Waals surface area contributed by atoms with Gasteiger partial charge in [0.1, 0.15) is 0 Å². The number of aromatic nitrogens is 2. The van der Waals surface area contributed by atoms with Crippen molar-refractivity contribution in [2.45, 2.75) is 58.9 Å². The highest BCUT2D eigenvalue weighted by molar-refractivity contribution is 5.95. The van der Waals surface area contributed by atoms with E-state index in [2.05, 4.69) is 15.5 Å². The van der Waals surface area contributed by atoms with Gasteiger partial charge in [-0.05, 0) is 51.2 Å². The molecule has 2 fully saturated rings. The van der Waals surface area contributed by atoms with Crippen LogP contribution in [0.5, 0.6) is 0 Å². The molecule has 3 atom stereocenters. The van der Waals surface area contributed by atoms with Gasteiger partial charge < -0.3 is 14.7 Å². The summed E-state index contributed by atoms with van der Waals surface area (Å²) < 4.78 is 5.60. The van der Waals surface area contributed by atoms with Crippen molar-refractivity contribution in [3.05, 3.63) is 46.6 Å². The van der Waals surface area contributed by atoms with E-state index in [9.17, 15) is 9.59 Å². The second-order valence-electron chi connectivity index (χ2n) is 9.30. The minimum Gasteiger partial charge on any atom is -0.349 e. The van der Waals surface area contributed by atoms with Crippen LogP contribution >= 0.6 is 0 Å². The summed E-state index contributed by atoms with van der Waals surface area (Å²) in [6.45, 7) is 10.9. The quantitative estimate of drug-likeness (QED) is 0.837. The van der Waals surface area contributed by atoms with Gasteiger partial charge in [-0.3, -0.25) is 9.59 Å². The minimum atomic E-state index is -0.397. The molecule has 0 bridgehead atoms. The second kappa shape index (κ2) is 7.52. The summed E-state index contributed by atoms with van der Waals surface area (Å²) in [5, 5.41) is 7.22. The lowest BCUT2D eigenvalue weighted by Gasteiger charge is -2.26. The molecule has 0 spiro atoms. The van der Waals surface area contributed by atoms with Gasteiger partial charge in [-0.2, -0.15) is 4.98 Å². The SMILES string of the molecule is Cc1ccc(C(=O)N[C@@H]2CC3CN(C(=O)C(C)C)C[C@@]3(c3nc(C)no3)C2)c(C)c1. The van der Waals surface area contributed by atoms with Crippen molar-refractivity contribution in [2.24, 2.45) is 11.8 Å². The molecule has 2 aromatic rings. The van der Waals surface area contributed by atoms with E-state index in [4.69, 9.17) is 4.52 Å². The molecule has 4 rings (SSSR count). The third-order valence-corrected chi connectivity index (χ3v) is 6.60. The van der Waals surface area contributed by atoms with Gasteiger partial charge >= 0.3 is 0 Å². The Labute approximate surface area is 177 Å². The fourth-order valence-corrected chi connectivity index (χ4v) is 5.18. The number of carbonyl (C=O) groups excluding carboxylic acids is 2. The van der Waals surface area contributed by atoms with Gasteiger partial charge in [-0.15, -0.1) is 0 Å². The highest BCUT2D eigenvalue weighted by Crippen LogP contribution is 2.50. The molecule has 1 aromatic carbocycles. The molecule has 1 saturated carbocycles. The molecule has 30 heavy (non-hydrogen) atoms. The number of benzene rings is 1. The Morgan fingerprint density at radius 3 is 2.67 bits per heavy atom. The molecule has 160 valence electrons. The van der Waals surface area contributed by atoms with Crippen LogP contribution in [0.15, 0.2) is 22.7 Å². The summed E-state index contributed by atoms with van der Waals surface area (Å²) in [4.78, 5) is 32.0. The molecule has 1 saturated heterocycles. The van der Waals surface area contributed by atoms with Crippen LogP contribution in [-0.2, 0) is 10.2 Å². The summed E-state index contributed by atoms with van der Waals surface area (Å²) in [7, 11) is 0. The number of carbonyl (C=O) groups is 2. The van der Waals surface area contributed by atoms with Gasteiger partial charge in [0.05, 0.1) is 5.41 Å². The first kappa shape index (κ1) is 20.6. The van der Waals surface area contributed by atoms with Crippen LogP contribution < -0.4 is 5.32 Å². The Morgan fingerprint density at radius 2 is 2.03 bits per heavy atom. The standard InChI is InChI=1S/C23H30N4O3/c1-13(2)21(29)27-11-17-9-18(10-23(17,12-27)22-24-16(5)26-30-22)25-20(28)19-7-6-14(3)8-15(19)4/h6-8,13,17-18H,9-12H2,1-5H3,(H,25,28)/t17?,18-,23+/m1/s1. The van der Waals surface area contributed by atoms with Crippen molar-refractivity contribution in [2.75, 3.05) is 13.1 Å². The molecule has 7 nitrogen and oxygen atoms in total. The molecule has 1 N–H and O–H groups in total.